The van der Waals surface area contributed by atoms with Crippen LogP contribution < -0.4 is 10.2 Å². The molecule has 58 heavy (non-hydrogen) atoms. The van der Waals surface area contributed by atoms with Crippen molar-refractivity contribution in [2.45, 2.75) is 116 Å². The maximum atomic E-state index is 13.6. The van der Waals surface area contributed by atoms with Crippen LogP contribution in [0.1, 0.15) is 103 Å². The number of ketones is 1. The number of benzene rings is 2. The number of imide groups is 1. The van der Waals surface area contributed by atoms with Gasteiger partial charge in [-0.2, -0.15) is 0 Å². The number of carbonyl (C=O) groups excluding carboxylic acids is 5. The molecule has 310 valence electrons. The molecule has 1 N–H and O–H groups in total. The molecule has 2 aromatic carbocycles. The maximum absolute atomic E-state index is 13.6. The third-order valence-electron chi connectivity index (χ3n) is 13.9. The molecule has 4 unspecified atom stereocenters. The lowest BCUT2D eigenvalue weighted by atomic mass is 9.85. The quantitative estimate of drug-likeness (QED) is 0.0477. The molecule has 1 saturated carbocycles. The minimum absolute atomic E-state index is 0.00561. The molecule has 4 aliphatic rings. The van der Waals surface area contributed by atoms with Gasteiger partial charge in [0.25, 0.3) is 0 Å². The predicted octanol–water partition coefficient (Wildman–Crippen LogP) is 8.08. The second-order valence-electron chi connectivity index (χ2n) is 17.8. The standard InChI is InChI=1S/C48H63N3O6Si/c1-32(2)58(33(3)4,34(5)6)30-12-17-39-40-21-22-41(39)46-45(40)47(55)50(48(46)56)27-24-38(52)16-11-28-57-29-25-43(53)49-26-23-44(54)51-31-37-15-8-7-13-35(37)19-20-36-14-9-10-18-42(36)51/h7-10,13-15,18,21-22,32-34,39-41,45-46H,11-12,16-17,23-31H2,1-6H3,(H,49,53). The van der Waals surface area contributed by atoms with Gasteiger partial charge in [-0.15, -0.1) is 0 Å². The van der Waals surface area contributed by atoms with E-state index in [1.165, 1.54) is 17.4 Å². The molecule has 2 aliphatic heterocycles. The number of ether oxygens (including phenoxy) is 1. The minimum atomic E-state index is -1.49. The Hall–Kier alpha value is -4.33. The summed E-state index contributed by atoms with van der Waals surface area (Å²) in [5.41, 5.74) is 5.59. The third-order valence-corrected chi connectivity index (χ3v) is 21.6. The lowest BCUT2D eigenvalue weighted by molar-refractivity contribution is -0.141. The number of likely N-dealkylation sites (tertiary alicyclic amines) is 1. The van der Waals surface area contributed by atoms with Crippen LogP contribution in [0.5, 0.6) is 0 Å². The Labute approximate surface area is 346 Å². The molecule has 4 amide bonds. The lowest BCUT2D eigenvalue weighted by Crippen LogP contribution is -2.44. The molecular weight excluding hydrogens is 743 g/mol. The number of hydrogen-bond acceptors (Lipinski definition) is 6. The number of allylic oxidation sites excluding steroid dienone is 2. The number of para-hydroxylation sites is 1. The third kappa shape index (κ3) is 9.11. The van der Waals surface area contributed by atoms with Crippen LogP contribution in [0.2, 0.25) is 22.7 Å². The molecule has 2 aliphatic carbocycles. The lowest BCUT2D eigenvalue weighted by Gasteiger charge is -2.43. The van der Waals surface area contributed by atoms with Crippen molar-refractivity contribution in [1.82, 2.24) is 10.2 Å². The van der Waals surface area contributed by atoms with Crippen LogP contribution in [0.25, 0.3) is 0 Å². The Morgan fingerprint density at radius 1 is 0.776 bits per heavy atom. The van der Waals surface area contributed by atoms with Gasteiger partial charge in [0.15, 0.2) is 0 Å². The van der Waals surface area contributed by atoms with Gasteiger partial charge in [0.1, 0.15) is 5.78 Å². The summed E-state index contributed by atoms with van der Waals surface area (Å²) in [5.74, 6) is 6.01. The van der Waals surface area contributed by atoms with Gasteiger partial charge in [-0.3, -0.25) is 28.9 Å². The summed E-state index contributed by atoms with van der Waals surface area (Å²) in [7, 11) is -1.49. The van der Waals surface area contributed by atoms with E-state index in [2.05, 4.69) is 70.9 Å². The highest BCUT2D eigenvalue weighted by molar-refractivity contribution is 6.83. The van der Waals surface area contributed by atoms with Crippen LogP contribution in [0.15, 0.2) is 60.7 Å². The smallest absolute Gasteiger partial charge is 0.233 e. The van der Waals surface area contributed by atoms with E-state index >= 15 is 0 Å². The van der Waals surface area contributed by atoms with Crippen molar-refractivity contribution in [3.8, 4) is 11.8 Å². The Morgan fingerprint density at radius 3 is 2.07 bits per heavy atom. The summed E-state index contributed by atoms with van der Waals surface area (Å²) in [6.07, 6.45) is 7.87. The molecular formula is C48H63N3O6Si. The number of rotatable bonds is 20. The number of nitrogens with one attached hydrogen (secondary N) is 1. The monoisotopic (exact) mass is 805 g/mol. The van der Waals surface area contributed by atoms with Crippen molar-refractivity contribution in [1.29, 1.82) is 0 Å². The fourth-order valence-corrected chi connectivity index (χ4v) is 17.6. The predicted molar refractivity (Wildman–Crippen MR) is 230 cm³/mol. The van der Waals surface area contributed by atoms with Crippen molar-refractivity contribution >= 4 is 43.2 Å². The van der Waals surface area contributed by atoms with Crippen LogP contribution in [0.4, 0.5) is 5.69 Å². The van der Waals surface area contributed by atoms with Gasteiger partial charge in [0.05, 0.1) is 38.7 Å². The van der Waals surface area contributed by atoms with E-state index < -0.39 is 8.07 Å². The first-order valence-electron chi connectivity index (χ1n) is 21.7. The topological polar surface area (TPSA) is 113 Å². The van der Waals surface area contributed by atoms with Crippen LogP contribution in [0.3, 0.4) is 0 Å². The van der Waals surface area contributed by atoms with Gasteiger partial charge in [-0.05, 0) is 54.4 Å². The molecule has 9 nitrogen and oxygen atoms in total. The van der Waals surface area contributed by atoms with Crippen molar-refractivity contribution < 1.29 is 28.7 Å². The molecule has 1 saturated heterocycles. The summed E-state index contributed by atoms with van der Waals surface area (Å²) in [5, 5.41) is 2.82. The fraction of sp³-hybridized carbons (Fsp3) is 0.562. The Balaban J connectivity index is 0.855. The summed E-state index contributed by atoms with van der Waals surface area (Å²) in [6.45, 7) is 15.7. The maximum Gasteiger partial charge on any atom is 0.233 e. The molecule has 2 fully saturated rings. The molecule has 0 radical (unpaired) electrons. The van der Waals surface area contributed by atoms with E-state index in [1.54, 1.807) is 4.90 Å². The van der Waals surface area contributed by atoms with Crippen molar-refractivity contribution in [3.05, 3.63) is 77.4 Å². The number of carbonyl (C=O) groups is 5. The highest BCUT2D eigenvalue weighted by Crippen LogP contribution is 2.58. The highest BCUT2D eigenvalue weighted by atomic mass is 28.3. The fourth-order valence-electron chi connectivity index (χ4n) is 11.0. The molecule has 0 aromatic heterocycles. The Kier molecular flexibility index (Phi) is 14.3. The van der Waals surface area contributed by atoms with E-state index in [-0.39, 0.29) is 98.5 Å². The first-order chi connectivity index (χ1) is 27.8. The molecule has 4 atom stereocenters. The van der Waals surface area contributed by atoms with Gasteiger partial charge >= 0.3 is 0 Å². The Morgan fingerprint density at radius 2 is 1.40 bits per heavy atom. The van der Waals surface area contributed by atoms with Gasteiger partial charge in [0, 0.05) is 56.5 Å². The zero-order chi connectivity index (χ0) is 41.6. The normalized spacial score (nSPS) is 21.8. The molecule has 10 heteroatoms. The molecule has 6 rings (SSSR count). The first-order valence-corrected chi connectivity index (χ1v) is 24.2. The number of nitrogens with zero attached hydrogens (tertiary/aromatic N) is 2. The summed E-state index contributed by atoms with van der Waals surface area (Å²) in [6, 6.07) is 16.7. The number of Topliss-reactive ketones (excluding diaryl/α,β-unsaturated/α-hetero) is 1. The van der Waals surface area contributed by atoms with E-state index in [0.717, 1.165) is 45.4 Å². The zero-order valence-electron chi connectivity index (χ0n) is 35.4. The van der Waals surface area contributed by atoms with Crippen LogP contribution >= 0.6 is 0 Å². The molecule has 2 bridgehead atoms. The molecule has 2 aromatic rings. The minimum Gasteiger partial charge on any atom is -0.381 e. The average molecular weight is 806 g/mol. The number of hydrogen-bond donors (Lipinski definition) is 1. The van der Waals surface area contributed by atoms with Crippen molar-refractivity contribution in [3.63, 3.8) is 0 Å². The first kappa shape index (κ1) is 43.3. The summed E-state index contributed by atoms with van der Waals surface area (Å²) in [4.78, 5) is 69.0. The van der Waals surface area contributed by atoms with Crippen molar-refractivity contribution in [2.24, 2.45) is 29.6 Å². The molecule has 0 spiro atoms. The number of amides is 4. The largest absolute Gasteiger partial charge is 0.381 e. The van der Waals surface area contributed by atoms with Gasteiger partial charge in [0.2, 0.25) is 23.6 Å². The van der Waals surface area contributed by atoms with Gasteiger partial charge < -0.3 is 15.0 Å². The van der Waals surface area contributed by atoms with Crippen LogP contribution in [0, 0.1) is 41.4 Å². The zero-order valence-corrected chi connectivity index (χ0v) is 36.4. The second kappa shape index (κ2) is 19.2. The Bertz CT molecular complexity index is 1890. The van der Waals surface area contributed by atoms with E-state index in [9.17, 15) is 24.0 Å². The molecule has 2 heterocycles. The van der Waals surface area contributed by atoms with Gasteiger partial charge in [-0.25, -0.2) is 0 Å². The van der Waals surface area contributed by atoms with Crippen LogP contribution in [-0.4, -0.2) is 68.7 Å². The van der Waals surface area contributed by atoms with E-state index in [0.29, 0.717) is 25.5 Å². The number of fused-ring (bicyclic) bond motifs is 7. The number of anilines is 1. The second-order valence-corrected chi connectivity index (χ2v) is 24.0. The van der Waals surface area contributed by atoms with Crippen LogP contribution in [-0.2, 0) is 35.3 Å². The highest BCUT2D eigenvalue weighted by Gasteiger charge is 2.63. The summed E-state index contributed by atoms with van der Waals surface area (Å²) >= 11 is 0. The SMILES string of the molecule is CC(C)[Si](CCCC1C2C=CC1C1C(=O)N(CCC(=O)CCCOCCC(=O)NCCC(=O)N3Cc4ccccc4C#Cc4ccccc43)C(=O)C21)(C(C)C)C(C)C. The van der Waals surface area contributed by atoms with E-state index in [4.69, 9.17) is 4.74 Å². The van der Waals surface area contributed by atoms with Gasteiger partial charge in [-0.1, -0.05) is 125 Å². The summed E-state index contributed by atoms with van der Waals surface area (Å²) < 4.78 is 5.63. The van der Waals surface area contributed by atoms with Crippen molar-refractivity contribution in [2.75, 3.05) is 31.2 Å². The van der Waals surface area contributed by atoms with E-state index in [1.807, 2.05) is 48.5 Å². The average Bonchev–Trinajstić information content (AvgIpc) is 3.81.